The van der Waals surface area contributed by atoms with E-state index in [-0.39, 0.29) is 17.5 Å². The Bertz CT molecular complexity index is 1660. The van der Waals surface area contributed by atoms with Crippen molar-refractivity contribution in [2.45, 2.75) is 32.7 Å². The van der Waals surface area contributed by atoms with Crippen molar-refractivity contribution in [3.8, 4) is 44.9 Å². The minimum absolute atomic E-state index is 0.0179. The van der Waals surface area contributed by atoms with E-state index >= 15 is 0 Å². The number of nitriles is 1. The molecule has 4 aromatic rings. The van der Waals surface area contributed by atoms with Gasteiger partial charge in [-0.2, -0.15) is 5.26 Å². The summed E-state index contributed by atoms with van der Waals surface area (Å²) in [7, 11) is 1.66. The summed E-state index contributed by atoms with van der Waals surface area (Å²) in [4.78, 5) is 29.4. The van der Waals surface area contributed by atoms with Crippen LogP contribution in [0.2, 0.25) is 0 Å². The van der Waals surface area contributed by atoms with E-state index in [1.165, 1.54) is 23.6 Å². The van der Waals surface area contributed by atoms with E-state index in [1.54, 1.807) is 19.2 Å². The first-order valence-corrected chi connectivity index (χ1v) is 13.9. The summed E-state index contributed by atoms with van der Waals surface area (Å²) in [5, 5.41) is 21.5. The number of pyridine rings is 1. The monoisotopic (exact) mass is 555 g/mol. The van der Waals surface area contributed by atoms with Crippen molar-refractivity contribution in [1.29, 1.82) is 5.26 Å². The predicted molar refractivity (Wildman–Crippen MR) is 154 cm³/mol. The van der Waals surface area contributed by atoms with Crippen LogP contribution < -0.4 is 10.2 Å². The number of thiazole rings is 1. The highest BCUT2D eigenvalue weighted by Crippen LogP contribution is 2.44. The van der Waals surface area contributed by atoms with Crippen LogP contribution in [0.25, 0.3) is 33.1 Å². The van der Waals surface area contributed by atoms with E-state index in [1.807, 2.05) is 34.2 Å². The molecular formula is C31H29N3O5S. The summed E-state index contributed by atoms with van der Waals surface area (Å²) in [6, 6.07) is 14.9. The Kier molecular flexibility index (Phi) is 7.83. The lowest BCUT2D eigenvalue weighted by Crippen LogP contribution is -2.28. The molecule has 8 nitrogen and oxygen atoms in total. The molecule has 1 unspecified atom stereocenters. The average molecular weight is 556 g/mol. The molecule has 2 aromatic carbocycles. The Morgan fingerprint density at radius 1 is 1.20 bits per heavy atom. The van der Waals surface area contributed by atoms with Gasteiger partial charge in [-0.1, -0.05) is 26.0 Å². The summed E-state index contributed by atoms with van der Waals surface area (Å²) < 4.78 is 13.4. The van der Waals surface area contributed by atoms with Crippen molar-refractivity contribution >= 4 is 17.3 Å². The van der Waals surface area contributed by atoms with E-state index in [2.05, 4.69) is 19.9 Å². The zero-order valence-electron chi connectivity index (χ0n) is 22.5. The van der Waals surface area contributed by atoms with Gasteiger partial charge in [-0.3, -0.25) is 4.79 Å². The largest absolute Gasteiger partial charge is 0.493 e. The highest BCUT2D eigenvalue weighted by molar-refractivity contribution is 7.13. The van der Waals surface area contributed by atoms with Gasteiger partial charge in [0.2, 0.25) is 0 Å². The maximum Gasteiger partial charge on any atom is 0.341 e. The second-order valence-corrected chi connectivity index (χ2v) is 10.9. The lowest BCUT2D eigenvalue weighted by atomic mass is 9.86. The highest BCUT2D eigenvalue weighted by atomic mass is 32.1. The number of carboxylic acids is 1. The second kappa shape index (κ2) is 11.5. The van der Waals surface area contributed by atoms with E-state index in [9.17, 15) is 14.7 Å². The molecule has 40 heavy (non-hydrogen) atoms. The molecule has 0 saturated heterocycles. The SMILES string of the molecule is COCCCOc1cc2c(cc1-c1csc(-c3ccc(C#N)cc3)n1)-c1cc(=O)c(C(=O)O)cn1C(C(C)C)C2. The molecule has 0 radical (unpaired) electrons. The van der Waals surface area contributed by atoms with Crippen LogP contribution in [0.1, 0.15) is 47.8 Å². The molecule has 0 saturated carbocycles. The van der Waals surface area contributed by atoms with Crippen LogP contribution in [0.15, 0.2) is 58.8 Å². The Balaban J connectivity index is 1.64. The third kappa shape index (κ3) is 5.28. The number of benzene rings is 2. The summed E-state index contributed by atoms with van der Waals surface area (Å²) in [5.74, 6) is -0.325. The highest BCUT2D eigenvalue weighted by Gasteiger charge is 2.29. The standard InChI is InChI=1S/C31H29N3O5S/c1-18(2)26-11-21-12-29(39-10-4-9-38-3)23(13-22(21)27-14-28(35)24(31(36)37)16-34(26)27)25-17-40-30(33-25)20-7-5-19(15-32)6-8-20/h5-8,12-14,16-18,26H,4,9-11H2,1-3H3,(H,36,37). The summed E-state index contributed by atoms with van der Waals surface area (Å²) >= 11 is 1.50. The quantitative estimate of drug-likeness (QED) is 0.250. The third-order valence-electron chi connectivity index (χ3n) is 7.14. The lowest BCUT2D eigenvalue weighted by molar-refractivity contribution is 0.0694. The maximum absolute atomic E-state index is 12.8. The van der Waals surface area contributed by atoms with Gasteiger partial charge < -0.3 is 19.1 Å². The van der Waals surface area contributed by atoms with Crippen LogP contribution in [-0.2, 0) is 11.2 Å². The molecule has 0 bridgehead atoms. The van der Waals surface area contributed by atoms with Gasteiger partial charge in [0.05, 0.1) is 29.6 Å². The van der Waals surface area contributed by atoms with Gasteiger partial charge in [0.1, 0.15) is 16.3 Å². The zero-order chi connectivity index (χ0) is 28.4. The topological polar surface area (TPSA) is 114 Å². The molecule has 5 rings (SSSR count). The van der Waals surface area contributed by atoms with Crippen LogP contribution in [0.5, 0.6) is 5.75 Å². The van der Waals surface area contributed by atoms with E-state index in [0.717, 1.165) is 39.4 Å². The Morgan fingerprint density at radius 3 is 2.65 bits per heavy atom. The van der Waals surface area contributed by atoms with Crippen molar-refractivity contribution in [2.75, 3.05) is 20.3 Å². The van der Waals surface area contributed by atoms with E-state index in [0.29, 0.717) is 36.6 Å². The number of rotatable bonds is 9. The number of aromatic carboxylic acids is 1. The molecule has 1 aliphatic rings. The molecule has 0 aliphatic carbocycles. The Hall–Kier alpha value is -4.26. The number of methoxy groups -OCH3 is 1. The molecule has 1 aliphatic heterocycles. The minimum Gasteiger partial charge on any atom is -0.493 e. The van der Waals surface area contributed by atoms with Crippen molar-refractivity contribution in [1.82, 2.24) is 9.55 Å². The van der Waals surface area contributed by atoms with Crippen LogP contribution in [0.4, 0.5) is 0 Å². The number of carboxylic acid groups (broad SMARTS) is 1. The smallest absolute Gasteiger partial charge is 0.341 e. The van der Waals surface area contributed by atoms with Gasteiger partial charge >= 0.3 is 5.97 Å². The first-order chi connectivity index (χ1) is 19.3. The van der Waals surface area contributed by atoms with Crippen LogP contribution >= 0.6 is 11.3 Å². The molecule has 9 heteroatoms. The molecule has 0 fully saturated rings. The first-order valence-electron chi connectivity index (χ1n) is 13.1. The minimum atomic E-state index is -1.23. The number of carbonyl (C=O) groups is 1. The van der Waals surface area contributed by atoms with Crippen LogP contribution in [-0.4, -0.2) is 41.0 Å². The van der Waals surface area contributed by atoms with Crippen molar-refractivity contribution < 1.29 is 19.4 Å². The molecular weight excluding hydrogens is 526 g/mol. The van der Waals surface area contributed by atoms with E-state index < -0.39 is 11.4 Å². The van der Waals surface area contributed by atoms with Gasteiger partial charge in [-0.25, -0.2) is 9.78 Å². The number of hydrogen-bond acceptors (Lipinski definition) is 7. The normalized spacial score (nSPS) is 13.9. The zero-order valence-corrected chi connectivity index (χ0v) is 23.3. The van der Waals surface area contributed by atoms with Gasteiger partial charge in [0, 0.05) is 60.5 Å². The van der Waals surface area contributed by atoms with Crippen molar-refractivity contribution in [2.24, 2.45) is 5.92 Å². The summed E-state index contributed by atoms with van der Waals surface area (Å²) in [5.41, 5.74) is 4.84. The summed E-state index contributed by atoms with van der Waals surface area (Å²) in [6.07, 6.45) is 2.88. The molecule has 0 spiro atoms. The maximum atomic E-state index is 12.8. The fraction of sp³-hybridized carbons (Fsp3) is 0.290. The number of fused-ring (bicyclic) bond motifs is 3. The fourth-order valence-corrected chi connectivity index (χ4v) is 5.86. The number of aromatic nitrogens is 2. The molecule has 3 heterocycles. The second-order valence-electron chi connectivity index (χ2n) is 10.1. The molecule has 204 valence electrons. The van der Waals surface area contributed by atoms with Gasteiger partial charge in [-0.05, 0) is 42.2 Å². The van der Waals surface area contributed by atoms with Gasteiger partial charge in [-0.15, -0.1) is 11.3 Å². The molecule has 1 atom stereocenters. The third-order valence-corrected chi connectivity index (χ3v) is 8.03. The molecule has 1 N–H and O–H groups in total. The van der Waals surface area contributed by atoms with Gasteiger partial charge in [0.15, 0.2) is 5.43 Å². The predicted octanol–water partition coefficient (Wildman–Crippen LogP) is 6.04. The molecule has 0 amide bonds. The first kappa shape index (κ1) is 27.3. The number of nitrogens with zero attached hydrogens (tertiary/aromatic N) is 3. The number of hydrogen-bond donors (Lipinski definition) is 1. The van der Waals surface area contributed by atoms with Crippen LogP contribution in [0, 0.1) is 17.2 Å². The van der Waals surface area contributed by atoms with E-state index in [4.69, 9.17) is 19.7 Å². The number of ether oxygens (including phenoxy) is 2. The van der Waals surface area contributed by atoms with Gasteiger partial charge in [0.25, 0.3) is 0 Å². The van der Waals surface area contributed by atoms with Crippen LogP contribution in [0.3, 0.4) is 0 Å². The van der Waals surface area contributed by atoms with Crippen molar-refractivity contribution in [3.05, 3.63) is 81.0 Å². The fourth-order valence-electron chi connectivity index (χ4n) is 5.03. The average Bonchev–Trinajstić information content (AvgIpc) is 3.44. The Morgan fingerprint density at radius 2 is 1.98 bits per heavy atom. The van der Waals surface area contributed by atoms with Crippen molar-refractivity contribution in [3.63, 3.8) is 0 Å². The Labute approximate surface area is 236 Å². The lowest BCUT2D eigenvalue weighted by Gasteiger charge is -2.34. The molecule has 2 aromatic heterocycles. The summed E-state index contributed by atoms with van der Waals surface area (Å²) in [6.45, 7) is 5.23.